The molecule has 2 nitrogen and oxygen atoms in total. The van der Waals surface area contributed by atoms with E-state index < -0.39 is 0 Å². The van der Waals surface area contributed by atoms with Gasteiger partial charge in [0, 0.05) is 5.92 Å². The summed E-state index contributed by atoms with van der Waals surface area (Å²) in [5.41, 5.74) is 3.40. The van der Waals surface area contributed by atoms with Gasteiger partial charge in [0.25, 0.3) is 0 Å². The van der Waals surface area contributed by atoms with Crippen LogP contribution < -0.4 is 10.1 Å². The van der Waals surface area contributed by atoms with Crippen LogP contribution in [0.5, 0.6) is 5.75 Å². The first-order chi connectivity index (χ1) is 11.2. The summed E-state index contributed by atoms with van der Waals surface area (Å²) < 4.78 is 5.55. The third-order valence-corrected chi connectivity index (χ3v) is 5.73. The van der Waals surface area contributed by atoms with E-state index in [0.717, 1.165) is 23.4 Å². The molecule has 0 spiro atoms. The maximum atomic E-state index is 6.49. The van der Waals surface area contributed by atoms with E-state index in [-0.39, 0.29) is 6.04 Å². The van der Waals surface area contributed by atoms with E-state index in [1.807, 2.05) is 18.2 Å². The molecule has 3 atom stereocenters. The molecule has 2 aliphatic rings. The molecule has 0 radical (unpaired) electrons. The highest BCUT2D eigenvalue weighted by Crippen LogP contribution is 2.53. The Labute approximate surface area is 146 Å². The zero-order valence-corrected chi connectivity index (χ0v) is 14.2. The molecule has 0 amide bonds. The first-order valence-electron chi connectivity index (χ1n) is 7.74. The van der Waals surface area contributed by atoms with Crippen molar-refractivity contribution in [3.8, 4) is 5.75 Å². The molecule has 0 aromatic heterocycles. The van der Waals surface area contributed by atoms with Gasteiger partial charge < -0.3 is 10.1 Å². The van der Waals surface area contributed by atoms with E-state index in [0.29, 0.717) is 21.9 Å². The number of anilines is 1. The number of rotatable bonds is 2. The lowest BCUT2D eigenvalue weighted by atomic mass is 9.77. The second-order valence-electron chi connectivity index (χ2n) is 6.04. The van der Waals surface area contributed by atoms with Crippen LogP contribution in [0.15, 0.2) is 48.6 Å². The lowest BCUT2D eigenvalue weighted by Gasteiger charge is -2.38. The number of para-hydroxylation sites is 1. The fourth-order valence-corrected chi connectivity index (χ4v) is 4.26. The first-order valence-corrected chi connectivity index (χ1v) is 8.50. The van der Waals surface area contributed by atoms with Crippen LogP contribution in [0.1, 0.15) is 29.5 Å². The third kappa shape index (κ3) is 2.32. The number of hydrogen-bond donors (Lipinski definition) is 1. The first kappa shape index (κ1) is 14.9. The molecule has 4 rings (SSSR count). The molecule has 1 N–H and O–H groups in total. The Morgan fingerprint density at radius 2 is 1.87 bits per heavy atom. The summed E-state index contributed by atoms with van der Waals surface area (Å²) in [7, 11) is 1.70. The Morgan fingerprint density at radius 3 is 2.70 bits per heavy atom. The molecule has 0 bridgehead atoms. The van der Waals surface area contributed by atoms with Crippen molar-refractivity contribution in [1.82, 2.24) is 0 Å². The molecule has 1 aliphatic heterocycles. The molecule has 118 valence electrons. The molecule has 1 heterocycles. The van der Waals surface area contributed by atoms with Crippen molar-refractivity contribution < 1.29 is 4.74 Å². The molecule has 1 aliphatic carbocycles. The van der Waals surface area contributed by atoms with E-state index >= 15 is 0 Å². The molecule has 0 saturated heterocycles. The van der Waals surface area contributed by atoms with Gasteiger partial charge in [0.1, 0.15) is 5.75 Å². The van der Waals surface area contributed by atoms with Gasteiger partial charge in [-0.2, -0.15) is 0 Å². The summed E-state index contributed by atoms with van der Waals surface area (Å²) >= 11 is 12.7. The summed E-state index contributed by atoms with van der Waals surface area (Å²) in [6, 6.07) is 12.2. The van der Waals surface area contributed by atoms with E-state index in [1.165, 1.54) is 5.56 Å². The SMILES string of the molecule is COc1cccc2c1N[C@@H](c1cccc(Cl)c1Cl)[C@H]1CC=C[C@@H]21. The average Bonchev–Trinajstić information content (AvgIpc) is 3.06. The molecule has 0 saturated carbocycles. The Kier molecular flexibility index (Phi) is 3.74. The maximum absolute atomic E-state index is 6.49. The summed E-state index contributed by atoms with van der Waals surface area (Å²) in [6.45, 7) is 0. The molecular weight excluding hydrogens is 329 g/mol. The third-order valence-electron chi connectivity index (χ3n) is 4.89. The van der Waals surface area contributed by atoms with Crippen LogP contribution in [0.25, 0.3) is 0 Å². The van der Waals surface area contributed by atoms with Gasteiger partial charge in [-0.3, -0.25) is 0 Å². The minimum absolute atomic E-state index is 0.116. The van der Waals surface area contributed by atoms with Crippen LogP contribution in [0.3, 0.4) is 0 Å². The number of fused-ring (bicyclic) bond motifs is 3. The fourth-order valence-electron chi connectivity index (χ4n) is 3.83. The minimum Gasteiger partial charge on any atom is -0.495 e. The predicted octanol–water partition coefficient (Wildman–Crippen LogP) is 5.83. The Morgan fingerprint density at radius 1 is 1.09 bits per heavy atom. The van der Waals surface area contributed by atoms with Gasteiger partial charge in [0.2, 0.25) is 0 Å². The number of ether oxygens (including phenoxy) is 1. The Bertz CT molecular complexity index is 787. The number of hydrogen-bond acceptors (Lipinski definition) is 2. The van der Waals surface area contributed by atoms with Crippen molar-refractivity contribution in [3.63, 3.8) is 0 Å². The second-order valence-corrected chi connectivity index (χ2v) is 6.83. The quantitative estimate of drug-likeness (QED) is 0.691. The minimum atomic E-state index is 0.116. The summed E-state index contributed by atoms with van der Waals surface area (Å²) in [5.74, 6) is 1.68. The highest BCUT2D eigenvalue weighted by Gasteiger charge is 2.39. The number of methoxy groups -OCH3 is 1. The average molecular weight is 346 g/mol. The summed E-state index contributed by atoms with van der Waals surface area (Å²) in [5, 5.41) is 4.90. The van der Waals surface area contributed by atoms with Gasteiger partial charge in [-0.05, 0) is 35.6 Å². The van der Waals surface area contributed by atoms with Crippen LogP contribution in [-0.4, -0.2) is 7.11 Å². The number of nitrogens with one attached hydrogen (secondary N) is 1. The predicted molar refractivity (Wildman–Crippen MR) is 95.8 cm³/mol. The van der Waals surface area contributed by atoms with Gasteiger partial charge >= 0.3 is 0 Å². The van der Waals surface area contributed by atoms with Gasteiger partial charge in [-0.1, -0.05) is 59.6 Å². The normalized spacial score (nSPS) is 24.7. The zero-order chi connectivity index (χ0) is 16.0. The van der Waals surface area contributed by atoms with Gasteiger partial charge in [0.15, 0.2) is 0 Å². The topological polar surface area (TPSA) is 21.3 Å². The standard InChI is InChI=1S/C19H17Cl2NO/c1-23-16-10-4-7-13-11-5-2-6-12(11)18(22-19(13)16)14-8-3-9-15(20)17(14)21/h2-5,7-12,18,22H,6H2,1H3/t11-,12+,18-/m1/s1. The second kappa shape index (κ2) is 5.77. The highest BCUT2D eigenvalue weighted by atomic mass is 35.5. The molecule has 0 unspecified atom stereocenters. The maximum Gasteiger partial charge on any atom is 0.142 e. The highest BCUT2D eigenvalue weighted by molar-refractivity contribution is 6.42. The number of halogens is 2. The zero-order valence-electron chi connectivity index (χ0n) is 12.7. The van der Waals surface area contributed by atoms with Crippen molar-refractivity contribution in [2.24, 2.45) is 5.92 Å². The fraction of sp³-hybridized carbons (Fsp3) is 0.263. The van der Waals surface area contributed by atoms with Crippen molar-refractivity contribution in [2.75, 3.05) is 12.4 Å². The summed E-state index contributed by atoms with van der Waals surface area (Å²) in [4.78, 5) is 0. The lowest BCUT2D eigenvalue weighted by molar-refractivity contribution is 0.397. The molecule has 2 aromatic carbocycles. The van der Waals surface area contributed by atoms with Gasteiger partial charge in [-0.15, -0.1) is 0 Å². The molecular formula is C19H17Cl2NO. The molecule has 0 fully saturated rings. The van der Waals surface area contributed by atoms with Gasteiger partial charge in [-0.25, -0.2) is 0 Å². The van der Waals surface area contributed by atoms with E-state index in [1.54, 1.807) is 7.11 Å². The van der Waals surface area contributed by atoms with Crippen LogP contribution in [0.4, 0.5) is 5.69 Å². The van der Waals surface area contributed by atoms with Crippen molar-refractivity contribution in [2.45, 2.75) is 18.4 Å². The Hall–Kier alpha value is -1.64. The largest absolute Gasteiger partial charge is 0.495 e. The van der Waals surface area contributed by atoms with Crippen LogP contribution in [0.2, 0.25) is 10.0 Å². The van der Waals surface area contributed by atoms with E-state index in [9.17, 15) is 0 Å². The van der Waals surface area contributed by atoms with E-state index in [2.05, 4.69) is 35.7 Å². The Balaban J connectivity index is 1.85. The molecule has 2 aromatic rings. The lowest BCUT2D eigenvalue weighted by Crippen LogP contribution is -2.29. The monoisotopic (exact) mass is 345 g/mol. The summed E-state index contributed by atoms with van der Waals surface area (Å²) in [6.07, 6.45) is 5.59. The van der Waals surface area contributed by atoms with Crippen molar-refractivity contribution in [3.05, 3.63) is 69.7 Å². The number of benzene rings is 2. The number of allylic oxidation sites excluding steroid dienone is 2. The smallest absolute Gasteiger partial charge is 0.142 e. The van der Waals surface area contributed by atoms with Gasteiger partial charge in [0.05, 0.1) is 28.9 Å². The van der Waals surface area contributed by atoms with Crippen LogP contribution in [-0.2, 0) is 0 Å². The van der Waals surface area contributed by atoms with Crippen LogP contribution in [0, 0.1) is 5.92 Å². The van der Waals surface area contributed by atoms with E-state index in [4.69, 9.17) is 27.9 Å². The molecule has 23 heavy (non-hydrogen) atoms. The van der Waals surface area contributed by atoms with Crippen LogP contribution >= 0.6 is 23.2 Å². The molecule has 4 heteroatoms. The van der Waals surface area contributed by atoms with Crippen molar-refractivity contribution >= 4 is 28.9 Å². The van der Waals surface area contributed by atoms with Crippen molar-refractivity contribution in [1.29, 1.82) is 0 Å².